The molecule has 0 amide bonds. The number of aliphatic hydroxyl groups is 2. The predicted octanol–water partition coefficient (Wildman–Crippen LogP) is 4.37. The highest BCUT2D eigenvalue weighted by molar-refractivity contribution is 5.57. The minimum Gasteiger partial charge on any atom is -0.507 e. The standard InChI is InChI=1S/C21H32O3/c1-7-18(20(23)13(2)3)19(22)9-8-14(4)10-17-11-15(5)21(24)16(6)12-17/h7,10-13,18-20,22-24H,1,8-9H2,2-6H3/b14-10+/t18-,19-,20-/m1/s1. The highest BCUT2D eigenvalue weighted by Crippen LogP contribution is 2.26. The summed E-state index contributed by atoms with van der Waals surface area (Å²) in [5.74, 6) is 0.120. The number of aliphatic hydroxyl groups excluding tert-OH is 2. The van der Waals surface area contributed by atoms with Gasteiger partial charge in [-0.05, 0) is 68.4 Å². The zero-order chi connectivity index (χ0) is 18.4. The number of hydrogen-bond donors (Lipinski definition) is 3. The molecule has 0 heterocycles. The molecule has 0 aromatic heterocycles. The Labute approximate surface area is 146 Å². The fraction of sp³-hybridized carbons (Fsp3) is 0.524. The third kappa shape index (κ3) is 5.50. The molecule has 3 N–H and O–H groups in total. The van der Waals surface area contributed by atoms with Gasteiger partial charge in [0.25, 0.3) is 0 Å². The Bertz CT molecular complexity index is 564. The molecule has 134 valence electrons. The maximum absolute atomic E-state index is 10.4. The molecule has 3 heteroatoms. The number of allylic oxidation sites excluding steroid dienone is 1. The van der Waals surface area contributed by atoms with Gasteiger partial charge in [0.15, 0.2) is 0 Å². The number of rotatable bonds is 8. The van der Waals surface area contributed by atoms with Crippen LogP contribution in [0.15, 0.2) is 30.4 Å². The van der Waals surface area contributed by atoms with E-state index >= 15 is 0 Å². The topological polar surface area (TPSA) is 60.7 Å². The van der Waals surface area contributed by atoms with Crippen LogP contribution in [0.3, 0.4) is 0 Å². The lowest BCUT2D eigenvalue weighted by Gasteiger charge is -2.27. The first-order valence-electron chi connectivity index (χ1n) is 8.63. The summed E-state index contributed by atoms with van der Waals surface area (Å²) in [6.45, 7) is 13.4. The minimum absolute atomic E-state index is 0.0854. The van der Waals surface area contributed by atoms with Crippen molar-refractivity contribution in [3.8, 4) is 5.75 Å². The second-order valence-electron chi connectivity index (χ2n) is 7.15. The van der Waals surface area contributed by atoms with E-state index in [4.69, 9.17) is 0 Å². The number of aryl methyl sites for hydroxylation is 2. The van der Waals surface area contributed by atoms with Crippen molar-refractivity contribution in [3.05, 3.63) is 47.1 Å². The molecule has 0 saturated carbocycles. The van der Waals surface area contributed by atoms with Gasteiger partial charge in [0.2, 0.25) is 0 Å². The minimum atomic E-state index is -0.605. The van der Waals surface area contributed by atoms with E-state index in [1.807, 2.05) is 46.8 Å². The molecule has 3 atom stereocenters. The average molecular weight is 332 g/mol. The predicted molar refractivity (Wildman–Crippen MR) is 101 cm³/mol. The second kappa shape index (κ2) is 9.05. The normalized spacial score (nSPS) is 16.1. The van der Waals surface area contributed by atoms with Gasteiger partial charge in [0.05, 0.1) is 12.2 Å². The van der Waals surface area contributed by atoms with Crippen LogP contribution in [-0.4, -0.2) is 27.5 Å². The summed E-state index contributed by atoms with van der Waals surface area (Å²) in [5.41, 5.74) is 3.93. The first-order valence-corrected chi connectivity index (χ1v) is 8.63. The Balaban J connectivity index is 2.74. The Morgan fingerprint density at radius 3 is 2.17 bits per heavy atom. The molecule has 1 rings (SSSR count). The zero-order valence-electron chi connectivity index (χ0n) is 15.6. The third-order valence-corrected chi connectivity index (χ3v) is 4.55. The van der Waals surface area contributed by atoms with Crippen molar-refractivity contribution in [1.82, 2.24) is 0 Å². The van der Waals surface area contributed by atoms with E-state index < -0.39 is 12.2 Å². The van der Waals surface area contributed by atoms with Crippen LogP contribution in [0, 0.1) is 25.7 Å². The van der Waals surface area contributed by atoms with Crippen LogP contribution >= 0.6 is 0 Å². The van der Waals surface area contributed by atoms with Crippen LogP contribution in [0.25, 0.3) is 6.08 Å². The molecule has 0 aliphatic heterocycles. The molecular weight excluding hydrogens is 300 g/mol. The molecule has 24 heavy (non-hydrogen) atoms. The van der Waals surface area contributed by atoms with E-state index in [9.17, 15) is 15.3 Å². The molecule has 0 aliphatic carbocycles. The number of hydrogen-bond acceptors (Lipinski definition) is 3. The summed E-state index contributed by atoms with van der Waals surface area (Å²) >= 11 is 0. The van der Waals surface area contributed by atoms with Crippen molar-refractivity contribution in [2.45, 2.75) is 59.7 Å². The molecule has 0 saturated heterocycles. The Kier molecular flexibility index (Phi) is 7.71. The van der Waals surface area contributed by atoms with Gasteiger partial charge >= 0.3 is 0 Å². The third-order valence-electron chi connectivity index (χ3n) is 4.55. The average Bonchev–Trinajstić information content (AvgIpc) is 2.51. The smallest absolute Gasteiger partial charge is 0.121 e. The summed E-state index contributed by atoms with van der Waals surface area (Å²) in [6.07, 6.45) is 3.87. The number of phenols is 1. The molecule has 0 unspecified atom stereocenters. The highest BCUT2D eigenvalue weighted by Gasteiger charge is 2.26. The Hall–Kier alpha value is -1.58. The maximum atomic E-state index is 10.4. The van der Waals surface area contributed by atoms with Crippen molar-refractivity contribution in [2.75, 3.05) is 0 Å². The van der Waals surface area contributed by atoms with Crippen LogP contribution in [0.4, 0.5) is 0 Å². The van der Waals surface area contributed by atoms with Crippen molar-refractivity contribution in [2.24, 2.45) is 11.8 Å². The number of benzene rings is 1. The summed E-state index contributed by atoms with van der Waals surface area (Å²) < 4.78 is 0. The van der Waals surface area contributed by atoms with Crippen molar-refractivity contribution < 1.29 is 15.3 Å². The molecule has 0 spiro atoms. The van der Waals surface area contributed by atoms with E-state index in [1.54, 1.807) is 6.08 Å². The molecule has 1 aromatic carbocycles. The molecule has 3 nitrogen and oxygen atoms in total. The summed E-state index contributed by atoms with van der Waals surface area (Å²) in [7, 11) is 0. The highest BCUT2D eigenvalue weighted by atomic mass is 16.3. The van der Waals surface area contributed by atoms with Crippen molar-refractivity contribution >= 4 is 6.08 Å². The number of aromatic hydroxyl groups is 1. The fourth-order valence-corrected chi connectivity index (χ4v) is 2.97. The van der Waals surface area contributed by atoms with Gasteiger partial charge in [-0.25, -0.2) is 0 Å². The van der Waals surface area contributed by atoms with Crippen LogP contribution in [0.1, 0.15) is 50.3 Å². The van der Waals surface area contributed by atoms with E-state index in [2.05, 4.69) is 12.7 Å². The van der Waals surface area contributed by atoms with E-state index in [1.165, 1.54) is 0 Å². The van der Waals surface area contributed by atoms with E-state index in [0.717, 1.165) is 28.7 Å². The van der Waals surface area contributed by atoms with Crippen LogP contribution in [0.5, 0.6) is 5.75 Å². The van der Waals surface area contributed by atoms with Crippen molar-refractivity contribution in [1.29, 1.82) is 0 Å². The van der Waals surface area contributed by atoms with Crippen LogP contribution < -0.4 is 0 Å². The van der Waals surface area contributed by atoms with Gasteiger partial charge < -0.3 is 15.3 Å². The summed E-state index contributed by atoms with van der Waals surface area (Å²) in [6, 6.07) is 3.91. The van der Waals surface area contributed by atoms with Gasteiger partial charge in [0.1, 0.15) is 5.75 Å². The lowest BCUT2D eigenvalue weighted by Crippen LogP contribution is -2.33. The molecule has 0 fully saturated rings. The van der Waals surface area contributed by atoms with Gasteiger partial charge in [-0.3, -0.25) is 0 Å². The van der Waals surface area contributed by atoms with Gasteiger partial charge in [-0.1, -0.05) is 31.6 Å². The number of phenolic OH excluding ortho intramolecular Hbond substituents is 1. The van der Waals surface area contributed by atoms with E-state index in [0.29, 0.717) is 12.2 Å². The van der Waals surface area contributed by atoms with Crippen LogP contribution in [0.2, 0.25) is 0 Å². The van der Waals surface area contributed by atoms with Crippen LogP contribution in [-0.2, 0) is 0 Å². The zero-order valence-corrected chi connectivity index (χ0v) is 15.6. The fourth-order valence-electron chi connectivity index (χ4n) is 2.97. The van der Waals surface area contributed by atoms with Gasteiger partial charge in [-0.2, -0.15) is 0 Å². The lowest BCUT2D eigenvalue weighted by molar-refractivity contribution is 0.00890. The maximum Gasteiger partial charge on any atom is 0.121 e. The Morgan fingerprint density at radius 1 is 1.17 bits per heavy atom. The first kappa shape index (κ1) is 20.5. The largest absolute Gasteiger partial charge is 0.507 e. The lowest BCUT2D eigenvalue weighted by atomic mass is 9.86. The molecule has 0 radical (unpaired) electrons. The quantitative estimate of drug-likeness (QED) is 0.619. The van der Waals surface area contributed by atoms with Crippen molar-refractivity contribution in [3.63, 3.8) is 0 Å². The molecule has 0 aliphatic rings. The first-order chi connectivity index (χ1) is 11.2. The van der Waals surface area contributed by atoms with Gasteiger partial charge in [0, 0.05) is 5.92 Å². The SMILES string of the molecule is C=C[C@H]([C@H](O)CC/C(C)=C/c1cc(C)c(O)c(C)c1)[C@H](O)C(C)C. The molecular formula is C21H32O3. The second-order valence-corrected chi connectivity index (χ2v) is 7.15. The van der Waals surface area contributed by atoms with E-state index in [-0.39, 0.29) is 11.8 Å². The summed E-state index contributed by atoms with van der Waals surface area (Å²) in [4.78, 5) is 0. The summed E-state index contributed by atoms with van der Waals surface area (Å²) in [5, 5.41) is 30.4. The molecule has 1 aromatic rings. The van der Waals surface area contributed by atoms with Gasteiger partial charge in [-0.15, -0.1) is 6.58 Å². The monoisotopic (exact) mass is 332 g/mol. The Morgan fingerprint density at radius 2 is 1.71 bits per heavy atom. The molecule has 0 bridgehead atoms.